The van der Waals surface area contributed by atoms with Gasteiger partial charge in [0.25, 0.3) is 0 Å². The average Bonchev–Trinajstić information content (AvgIpc) is 2.92. The molecule has 126 valence electrons. The fourth-order valence-electron chi connectivity index (χ4n) is 3.78. The molecule has 1 aromatic carbocycles. The van der Waals surface area contributed by atoms with Gasteiger partial charge in [-0.1, -0.05) is 43.5 Å². The van der Waals surface area contributed by atoms with E-state index < -0.39 is 0 Å². The molecule has 1 aliphatic carbocycles. The third-order valence-electron chi connectivity index (χ3n) is 5.09. The molecule has 3 nitrogen and oxygen atoms in total. The number of ether oxygens (including phenoxy) is 1. The van der Waals surface area contributed by atoms with Crippen molar-refractivity contribution in [3.8, 4) is 0 Å². The molecule has 1 aromatic rings. The monoisotopic (exact) mass is 333 g/mol. The third-order valence-corrected chi connectivity index (χ3v) is 6.07. The maximum Gasteiger partial charge on any atom is 0.230 e. The number of carbonyl (C=O) groups is 1. The smallest absolute Gasteiger partial charge is 0.230 e. The number of benzene rings is 1. The van der Waals surface area contributed by atoms with E-state index in [2.05, 4.69) is 36.5 Å². The van der Waals surface area contributed by atoms with Crippen LogP contribution in [0.1, 0.15) is 49.7 Å². The van der Waals surface area contributed by atoms with Gasteiger partial charge in [0.05, 0.1) is 24.0 Å². The highest BCUT2D eigenvalue weighted by Crippen LogP contribution is 2.39. The Morgan fingerprint density at radius 1 is 1.30 bits per heavy atom. The van der Waals surface area contributed by atoms with Crippen LogP contribution in [0.15, 0.2) is 24.3 Å². The maximum atomic E-state index is 12.2. The van der Waals surface area contributed by atoms with E-state index in [-0.39, 0.29) is 17.6 Å². The van der Waals surface area contributed by atoms with Crippen molar-refractivity contribution in [2.24, 2.45) is 0 Å². The minimum Gasteiger partial charge on any atom is -0.373 e. The molecule has 1 unspecified atom stereocenters. The Labute approximate surface area is 143 Å². The Morgan fingerprint density at radius 3 is 2.87 bits per heavy atom. The Balaban J connectivity index is 1.39. The first kappa shape index (κ1) is 16.8. The van der Waals surface area contributed by atoms with Crippen LogP contribution in [0.5, 0.6) is 0 Å². The molecule has 1 N–H and O–H groups in total. The van der Waals surface area contributed by atoms with Crippen molar-refractivity contribution >= 4 is 17.7 Å². The molecule has 23 heavy (non-hydrogen) atoms. The standard InChI is InChI=1S/C19H27NO2S/c1-15-7-3-4-8-16(15)13-23-14-18(21)20-17-11-19(22-12-17)9-5-2-6-10-19/h3-4,7-8,17H,2,5-6,9-14H2,1H3,(H,20,21). The van der Waals surface area contributed by atoms with Crippen LogP contribution in [-0.2, 0) is 15.3 Å². The van der Waals surface area contributed by atoms with Gasteiger partial charge in [-0.3, -0.25) is 4.79 Å². The van der Waals surface area contributed by atoms with Crippen molar-refractivity contribution in [3.05, 3.63) is 35.4 Å². The topological polar surface area (TPSA) is 38.3 Å². The van der Waals surface area contributed by atoms with E-state index >= 15 is 0 Å². The van der Waals surface area contributed by atoms with Gasteiger partial charge >= 0.3 is 0 Å². The van der Waals surface area contributed by atoms with Gasteiger partial charge in [0, 0.05) is 5.75 Å². The molecule has 0 aromatic heterocycles. The largest absolute Gasteiger partial charge is 0.373 e. The third kappa shape index (κ3) is 4.51. The molecule has 0 radical (unpaired) electrons. The predicted molar refractivity (Wildman–Crippen MR) is 95.7 cm³/mol. The fraction of sp³-hybridized carbons (Fsp3) is 0.632. The van der Waals surface area contributed by atoms with Gasteiger partial charge in [-0.25, -0.2) is 0 Å². The van der Waals surface area contributed by atoms with Crippen LogP contribution in [0.2, 0.25) is 0 Å². The van der Waals surface area contributed by atoms with Crippen LogP contribution >= 0.6 is 11.8 Å². The summed E-state index contributed by atoms with van der Waals surface area (Å²) in [6, 6.07) is 8.58. The van der Waals surface area contributed by atoms with E-state index in [1.54, 1.807) is 11.8 Å². The van der Waals surface area contributed by atoms with Crippen molar-refractivity contribution in [1.29, 1.82) is 0 Å². The zero-order valence-electron chi connectivity index (χ0n) is 14.0. The van der Waals surface area contributed by atoms with Crippen LogP contribution in [0.4, 0.5) is 0 Å². The number of aryl methyl sites for hydroxylation is 1. The molecule has 4 heteroatoms. The summed E-state index contributed by atoms with van der Waals surface area (Å²) in [7, 11) is 0. The minimum atomic E-state index is 0.0739. The number of thioether (sulfide) groups is 1. The molecular weight excluding hydrogens is 306 g/mol. The average molecular weight is 333 g/mol. The van der Waals surface area contributed by atoms with Crippen molar-refractivity contribution in [1.82, 2.24) is 5.32 Å². The van der Waals surface area contributed by atoms with Crippen LogP contribution in [0, 0.1) is 6.92 Å². The highest BCUT2D eigenvalue weighted by Gasteiger charge is 2.41. The van der Waals surface area contributed by atoms with Gasteiger partial charge in [0.2, 0.25) is 5.91 Å². The Morgan fingerprint density at radius 2 is 2.09 bits per heavy atom. The van der Waals surface area contributed by atoms with Gasteiger partial charge in [-0.15, -0.1) is 11.8 Å². The fourth-order valence-corrected chi connectivity index (χ4v) is 4.69. The SMILES string of the molecule is Cc1ccccc1CSCC(=O)NC1COC2(CCCCC2)C1. The Bertz CT molecular complexity index is 540. The number of nitrogens with one attached hydrogen (secondary N) is 1. The number of amides is 1. The van der Waals surface area contributed by atoms with Gasteiger partial charge in [0.15, 0.2) is 0 Å². The summed E-state index contributed by atoms with van der Waals surface area (Å²) in [6.07, 6.45) is 7.21. The van der Waals surface area contributed by atoms with E-state index in [1.807, 2.05) is 0 Å². The summed E-state index contributed by atoms with van der Waals surface area (Å²) in [5.41, 5.74) is 2.68. The quantitative estimate of drug-likeness (QED) is 0.890. The molecule has 1 saturated heterocycles. The lowest BCUT2D eigenvalue weighted by Gasteiger charge is -2.32. The normalized spacial score (nSPS) is 23.1. The highest BCUT2D eigenvalue weighted by atomic mass is 32.2. The Kier molecular flexibility index (Phi) is 5.65. The molecule has 1 atom stereocenters. The second-order valence-electron chi connectivity index (χ2n) is 6.94. The summed E-state index contributed by atoms with van der Waals surface area (Å²) in [5.74, 6) is 1.56. The molecule has 1 aliphatic heterocycles. The first-order valence-electron chi connectivity index (χ1n) is 8.72. The lowest BCUT2D eigenvalue weighted by Crippen LogP contribution is -2.38. The van der Waals surface area contributed by atoms with Gasteiger partial charge in [-0.05, 0) is 37.3 Å². The van der Waals surface area contributed by atoms with Crippen molar-refractivity contribution in [2.45, 2.75) is 62.8 Å². The van der Waals surface area contributed by atoms with E-state index in [9.17, 15) is 4.79 Å². The van der Waals surface area contributed by atoms with E-state index in [1.165, 1.54) is 43.2 Å². The van der Waals surface area contributed by atoms with Crippen LogP contribution in [-0.4, -0.2) is 29.9 Å². The zero-order chi connectivity index (χ0) is 16.1. The molecule has 1 saturated carbocycles. The molecular formula is C19H27NO2S. The summed E-state index contributed by atoms with van der Waals surface area (Å²) in [6.45, 7) is 2.81. The molecule has 2 aliphatic rings. The zero-order valence-corrected chi connectivity index (χ0v) is 14.8. The number of rotatable bonds is 5. The summed E-state index contributed by atoms with van der Waals surface area (Å²) in [5, 5.41) is 3.17. The number of hydrogen-bond acceptors (Lipinski definition) is 3. The summed E-state index contributed by atoms with van der Waals surface area (Å²) in [4.78, 5) is 12.2. The number of carbonyl (C=O) groups excluding carboxylic acids is 1. The number of hydrogen-bond donors (Lipinski definition) is 1. The molecule has 0 bridgehead atoms. The van der Waals surface area contributed by atoms with Gasteiger partial charge in [-0.2, -0.15) is 0 Å². The van der Waals surface area contributed by atoms with Crippen molar-refractivity contribution in [2.75, 3.05) is 12.4 Å². The molecule has 1 spiro atoms. The van der Waals surface area contributed by atoms with E-state index in [4.69, 9.17) is 4.74 Å². The Hall–Kier alpha value is -1.00. The lowest BCUT2D eigenvalue weighted by molar-refractivity contribution is -0.119. The van der Waals surface area contributed by atoms with Crippen LogP contribution < -0.4 is 5.32 Å². The maximum absolute atomic E-state index is 12.2. The molecule has 2 fully saturated rings. The first-order valence-corrected chi connectivity index (χ1v) is 9.88. The van der Waals surface area contributed by atoms with Gasteiger partial charge < -0.3 is 10.1 Å². The van der Waals surface area contributed by atoms with Gasteiger partial charge in [0.1, 0.15) is 0 Å². The lowest BCUT2D eigenvalue weighted by atomic mass is 9.82. The minimum absolute atomic E-state index is 0.0739. The predicted octanol–water partition coefficient (Wildman–Crippen LogP) is 3.84. The summed E-state index contributed by atoms with van der Waals surface area (Å²) >= 11 is 1.69. The van der Waals surface area contributed by atoms with E-state index in [0.717, 1.165) is 12.2 Å². The van der Waals surface area contributed by atoms with Crippen LogP contribution in [0.25, 0.3) is 0 Å². The van der Waals surface area contributed by atoms with Crippen molar-refractivity contribution in [3.63, 3.8) is 0 Å². The highest BCUT2D eigenvalue weighted by molar-refractivity contribution is 7.99. The second-order valence-corrected chi connectivity index (χ2v) is 7.93. The second kappa shape index (κ2) is 7.71. The first-order chi connectivity index (χ1) is 11.2. The van der Waals surface area contributed by atoms with Crippen LogP contribution in [0.3, 0.4) is 0 Å². The van der Waals surface area contributed by atoms with Crippen molar-refractivity contribution < 1.29 is 9.53 Å². The molecule has 1 amide bonds. The molecule has 3 rings (SSSR count). The molecule has 1 heterocycles. The van der Waals surface area contributed by atoms with E-state index in [0.29, 0.717) is 12.4 Å². The summed E-state index contributed by atoms with van der Waals surface area (Å²) < 4.78 is 6.06.